The Labute approximate surface area is 122 Å². The molecule has 0 bridgehead atoms. The Hall–Kier alpha value is -2.63. The van der Waals surface area contributed by atoms with E-state index in [2.05, 4.69) is 29.4 Å². The number of fused-ring (bicyclic) bond motifs is 1. The summed E-state index contributed by atoms with van der Waals surface area (Å²) in [6.07, 6.45) is 5.07. The molecule has 0 aliphatic carbocycles. The highest BCUT2D eigenvalue weighted by molar-refractivity contribution is 6.04. The Bertz CT molecular complexity index is 799. The first-order valence-corrected chi connectivity index (χ1v) is 6.82. The topological polar surface area (TPSA) is 64.7 Å². The second-order valence-electron chi connectivity index (χ2n) is 5.31. The van der Waals surface area contributed by atoms with Gasteiger partial charge < -0.3 is 5.32 Å². The van der Waals surface area contributed by atoms with Crippen molar-refractivity contribution in [2.75, 3.05) is 5.32 Å². The summed E-state index contributed by atoms with van der Waals surface area (Å²) in [4.78, 5) is 12.1. The largest absolute Gasteiger partial charge is 0.322 e. The van der Waals surface area contributed by atoms with Crippen molar-refractivity contribution in [2.45, 2.75) is 19.9 Å². The van der Waals surface area contributed by atoms with Gasteiger partial charge >= 0.3 is 0 Å². The van der Waals surface area contributed by atoms with Crippen LogP contribution in [0.4, 0.5) is 5.69 Å². The van der Waals surface area contributed by atoms with E-state index in [0.717, 1.165) is 16.6 Å². The summed E-state index contributed by atoms with van der Waals surface area (Å²) in [7, 11) is 1.78. The molecule has 21 heavy (non-hydrogen) atoms. The Morgan fingerprint density at radius 1 is 1.24 bits per heavy atom. The fourth-order valence-electron chi connectivity index (χ4n) is 2.27. The van der Waals surface area contributed by atoms with Crippen molar-refractivity contribution < 1.29 is 4.79 Å². The molecule has 108 valence electrons. The summed E-state index contributed by atoms with van der Waals surface area (Å²) < 4.78 is 3.54. The average molecular weight is 283 g/mol. The van der Waals surface area contributed by atoms with Crippen LogP contribution >= 0.6 is 0 Å². The number of carbonyl (C=O) groups is 1. The van der Waals surface area contributed by atoms with E-state index in [-0.39, 0.29) is 11.9 Å². The molecule has 0 aliphatic rings. The normalized spacial score (nSPS) is 11.2. The van der Waals surface area contributed by atoms with Gasteiger partial charge in [0.1, 0.15) is 0 Å². The van der Waals surface area contributed by atoms with Gasteiger partial charge in [-0.3, -0.25) is 14.2 Å². The molecule has 0 saturated carbocycles. The highest BCUT2D eigenvalue weighted by atomic mass is 16.1. The smallest absolute Gasteiger partial charge is 0.258 e. The molecule has 6 nitrogen and oxygen atoms in total. The number of rotatable bonds is 3. The van der Waals surface area contributed by atoms with Crippen molar-refractivity contribution in [1.29, 1.82) is 0 Å². The van der Waals surface area contributed by atoms with Crippen LogP contribution in [0.1, 0.15) is 30.2 Å². The molecule has 1 N–H and O–H groups in total. The number of aromatic nitrogens is 4. The Balaban J connectivity index is 1.90. The maximum atomic E-state index is 12.1. The van der Waals surface area contributed by atoms with Gasteiger partial charge in [0, 0.05) is 30.4 Å². The summed E-state index contributed by atoms with van der Waals surface area (Å²) >= 11 is 0. The second-order valence-corrected chi connectivity index (χ2v) is 5.31. The molecule has 0 unspecified atom stereocenters. The molecule has 0 radical (unpaired) electrons. The van der Waals surface area contributed by atoms with E-state index in [9.17, 15) is 4.79 Å². The first kappa shape index (κ1) is 13.4. The molecule has 0 atom stereocenters. The van der Waals surface area contributed by atoms with Crippen molar-refractivity contribution >= 4 is 22.5 Å². The first-order valence-electron chi connectivity index (χ1n) is 6.82. The number of nitrogens with zero attached hydrogens (tertiary/aromatic N) is 4. The van der Waals surface area contributed by atoms with Gasteiger partial charge in [-0.25, -0.2) is 0 Å². The highest BCUT2D eigenvalue weighted by Crippen LogP contribution is 2.22. The predicted octanol–water partition coefficient (Wildman–Crippen LogP) is 2.60. The van der Waals surface area contributed by atoms with Gasteiger partial charge in [0.2, 0.25) is 0 Å². The lowest BCUT2D eigenvalue weighted by Gasteiger charge is -2.09. The van der Waals surface area contributed by atoms with Crippen molar-refractivity contribution in [3.05, 3.63) is 42.4 Å². The van der Waals surface area contributed by atoms with Crippen LogP contribution in [-0.2, 0) is 7.05 Å². The molecule has 0 aliphatic heterocycles. The third-order valence-corrected chi connectivity index (χ3v) is 3.31. The average Bonchev–Trinajstić information content (AvgIpc) is 3.04. The number of hydrogen-bond donors (Lipinski definition) is 1. The number of benzene rings is 1. The molecule has 1 aromatic carbocycles. The Kier molecular flexibility index (Phi) is 3.21. The highest BCUT2D eigenvalue weighted by Gasteiger charge is 2.10. The molecule has 2 heterocycles. The van der Waals surface area contributed by atoms with Gasteiger partial charge in [0.05, 0.1) is 23.5 Å². The summed E-state index contributed by atoms with van der Waals surface area (Å²) in [6.45, 7) is 4.15. The number of carbonyl (C=O) groups excluding carboxylic acids is 1. The van der Waals surface area contributed by atoms with Gasteiger partial charge in [-0.2, -0.15) is 10.2 Å². The van der Waals surface area contributed by atoms with Crippen LogP contribution in [0.5, 0.6) is 0 Å². The Morgan fingerprint density at radius 3 is 2.71 bits per heavy atom. The monoisotopic (exact) mass is 283 g/mol. The number of aryl methyl sites for hydroxylation is 1. The molecule has 2 aromatic heterocycles. The third-order valence-electron chi connectivity index (χ3n) is 3.31. The molecule has 0 fully saturated rings. The molecule has 0 saturated heterocycles. The van der Waals surface area contributed by atoms with Crippen molar-refractivity contribution in [3.8, 4) is 0 Å². The van der Waals surface area contributed by atoms with Gasteiger partial charge in [0.25, 0.3) is 5.91 Å². The van der Waals surface area contributed by atoms with Crippen molar-refractivity contribution in [2.24, 2.45) is 7.05 Å². The molecule has 3 rings (SSSR count). The first-order chi connectivity index (χ1) is 10.0. The minimum atomic E-state index is -0.168. The van der Waals surface area contributed by atoms with Gasteiger partial charge in [-0.15, -0.1) is 0 Å². The van der Waals surface area contributed by atoms with Gasteiger partial charge in [-0.05, 0) is 32.0 Å². The zero-order chi connectivity index (χ0) is 15.0. The van der Waals surface area contributed by atoms with E-state index in [4.69, 9.17) is 0 Å². The number of anilines is 1. The van der Waals surface area contributed by atoms with E-state index < -0.39 is 0 Å². The maximum absolute atomic E-state index is 12.1. The predicted molar refractivity (Wildman–Crippen MR) is 81.3 cm³/mol. The molecule has 1 amide bonds. The summed E-state index contributed by atoms with van der Waals surface area (Å²) in [6, 6.07) is 6.05. The SMILES string of the molecule is CC(C)n1ncc2ccc(NC(=O)c3cnn(C)c3)cc21. The number of amides is 1. The van der Waals surface area contributed by atoms with E-state index in [1.165, 1.54) is 0 Å². The summed E-state index contributed by atoms with van der Waals surface area (Å²) in [5.74, 6) is -0.168. The molecular formula is C15H17N5O. The van der Waals surface area contributed by atoms with Crippen LogP contribution in [0.15, 0.2) is 36.8 Å². The lowest BCUT2D eigenvalue weighted by atomic mass is 10.2. The van der Waals surface area contributed by atoms with Crippen LogP contribution in [0.2, 0.25) is 0 Å². The van der Waals surface area contributed by atoms with Crippen LogP contribution < -0.4 is 5.32 Å². The van der Waals surface area contributed by atoms with E-state index >= 15 is 0 Å². The quantitative estimate of drug-likeness (QED) is 0.803. The van der Waals surface area contributed by atoms with E-state index in [1.54, 1.807) is 24.1 Å². The van der Waals surface area contributed by atoms with Crippen LogP contribution in [-0.4, -0.2) is 25.5 Å². The fourth-order valence-corrected chi connectivity index (χ4v) is 2.27. The molecular weight excluding hydrogens is 266 g/mol. The Morgan fingerprint density at radius 2 is 2.05 bits per heavy atom. The second kappa shape index (κ2) is 5.05. The van der Waals surface area contributed by atoms with Crippen molar-refractivity contribution in [3.63, 3.8) is 0 Å². The lowest BCUT2D eigenvalue weighted by Crippen LogP contribution is -2.11. The van der Waals surface area contributed by atoms with Crippen LogP contribution in [0.3, 0.4) is 0 Å². The number of nitrogens with one attached hydrogen (secondary N) is 1. The van der Waals surface area contributed by atoms with E-state index in [0.29, 0.717) is 5.56 Å². The van der Waals surface area contributed by atoms with Crippen LogP contribution in [0, 0.1) is 0 Å². The van der Waals surface area contributed by atoms with E-state index in [1.807, 2.05) is 29.1 Å². The summed E-state index contributed by atoms with van der Waals surface area (Å²) in [5.41, 5.74) is 2.29. The lowest BCUT2D eigenvalue weighted by molar-refractivity contribution is 0.102. The minimum absolute atomic E-state index is 0.168. The zero-order valence-corrected chi connectivity index (χ0v) is 12.2. The molecule has 6 heteroatoms. The maximum Gasteiger partial charge on any atom is 0.258 e. The molecule has 3 aromatic rings. The van der Waals surface area contributed by atoms with Gasteiger partial charge in [-0.1, -0.05) is 0 Å². The van der Waals surface area contributed by atoms with Crippen LogP contribution in [0.25, 0.3) is 10.9 Å². The third kappa shape index (κ3) is 2.52. The zero-order valence-electron chi connectivity index (χ0n) is 12.2. The van der Waals surface area contributed by atoms with Crippen molar-refractivity contribution in [1.82, 2.24) is 19.6 Å². The standard InChI is InChI=1S/C15H17N5O/c1-10(2)20-14-6-13(5-4-11(14)7-17-20)18-15(21)12-8-16-19(3)9-12/h4-10H,1-3H3,(H,18,21). The van der Waals surface area contributed by atoms with Gasteiger partial charge in [0.15, 0.2) is 0 Å². The fraction of sp³-hybridized carbons (Fsp3) is 0.267. The minimum Gasteiger partial charge on any atom is -0.322 e. The summed E-state index contributed by atoms with van der Waals surface area (Å²) in [5, 5.41) is 12.3. The molecule has 0 spiro atoms. The number of hydrogen-bond acceptors (Lipinski definition) is 3.